The minimum Gasteiger partial charge on any atom is -0.482 e. The van der Waals surface area contributed by atoms with E-state index in [0.29, 0.717) is 29.4 Å². The first-order valence-electron chi connectivity index (χ1n) is 23.5. The van der Waals surface area contributed by atoms with Gasteiger partial charge in [0.15, 0.2) is 17.8 Å². The third-order valence-electron chi connectivity index (χ3n) is 14.4. The summed E-state index contributed by atoms with van der Waals surface area (Å²) in [5.41, 5.74) is 6.29. The van der Waals surface area contributed by atoms with Crippen molar-refractivity contribution in [3.63, 3.8) is 0 Å². The molecule has 1 fully saturated rings. The molecule has 5 aromatic rings. The molecule has 1 saturated carbocycles. The van der Waals surface area contributed by atoms with E-state index in [1.807, 2.05) is 6.07 Å². The average molecular weight is 907 g/mol. The summed E-state index contributed by atoms with van der Waals surface area (Å²) in [7, 11) is 0. The van der Waals surface area contributed by atoms with E-state index in [4.69, 9.17) is 23.4 Å². The average Bonchev–Trinajstić information content (AvgIpc) is 3.32. The Labute approximate surface area is 390 Å². The Morgan fingerprint density at radius 2 is 1.73 bits per heavy atom. The number of aliphatic hydroxyl groups is 3. The molecule has 0 amide bonds. The van der Waals surface area contributed by atoms with E-state index < -0.39 is 48.1 Å². The Morgan fingerprint density at radius 3 is 2.54 bits per heavy atom. The fourth-order valence-corrected chi connectivity index (χ4v) is 10.9. The number of carbonyl (C=O) groups is 2. The van der Waals surface area contributed by atoms with Gasteiger partial charge in [-0.15, -0.1) is 0 Å². The molecule has 0 spiro atoms. The summed E-state index contributed by atoms with van der Waals surface area (Å²) in [4.78, 5) is 43.6. The van der Waals surface area contributed by atoms with Gasteiger partial charge in [-0.2, -0.15) is 0 Å². The third-order valence-corrected chi connectivity index (χ3v) is 14.4. The van der Waals surface area contributed by atoms with Crippen molar-refractivity contribution >= 4 is 22.9 Å². The molecule has 0 saturated heterocycles. The second kappa shape index (κ2) is 20.1. The van der Waals surface area contributed by atoms with E-state index in [2.05, 4.69) is 78.6 Å². The number of ether oxygens (including phenoxy) is 4. The third kappa shape index (κ3) is 9.72. The molecule has 348 valence electrons. The van der Waals surface area contributed by atoms with Crippen molar-refractivity contribution in [2.75, 3.05) is 26.6 Å². The van der Waals surface area contributed by atoms with Crippen molar-refractivity contribution < 1.29 is 48.3 Å². The van der Waals surface area contributed by atoms with Crippen LogP contribution in [0.1, 0.15) is 127 Å². The molecule has 7 atom stereocenters. The van der Waals surface area contributed by atoms with E-state index in [-0.39, 0.29) is 85.7 Å². The van der Waals surface area contributed by atoms with E-state index in [0.717, 1.165) is 42.4 Å². The van der Waals surface area contributed by atoms with Gasteiger partial charge in [0.2, 0.25) is 0 Å². The molecule has 3 aliphatic heterocycles. The van der Waals surface area contributed by atoms with Crippen LogP contribution in [0.25, 0.3) is 11.0 Å². The highest BCUT2D eigenvalue weighted by Gasteiger charge is 2.53. The zero-order valence-corrected chi connectivity index (χ0v) is 38.1. The van der Waals surface area contributed by atoms with Crippen LogP contribution in [0.4, 0.5) is 0 Å². The summed E-state index contributed by atoms with van der Waals surface area (Å²) in [5, 5.41) is 30.1. The lowest BCUT2D eigenvalue weighted by Gasteiger charge is -2.45. The summed E-state index contributed by atoms with van der Waals surface area (Å²) < 4.78 is 31.5. The minimum absolute atomic E-state index is 0.0320. The summed E-state index contributed by atoms with van der Waals surface area (Å²) in [6.45, 7) is 2.30. The van der Waals surface area contributed by atoms with Crippen molar-refractivity contribution in [1.29, 1.82) is 0 Å². The van der Waals surface area contributed by atoms with Gasteiger partial charge in [-0.05, 0) is 134 Å². The van der Waals surface area contributed by atoms with Gasteiger partial charge >= 0.3 is 17.6 Å². The monoisotopic (exact) mass is 906 g/mol. The minimum atomic E-state index is -1.36. The van der Waals surface area contributed by atoms with Crippen LogP contribution in [0.3, 0.4) is 0 Å². The first kappa shape index (κ1) is 46.1. The largest absolute Gasteiger partial charge is 0.482 e. The Balaban J connectivity index is 1.18. The lowest BCUT2D eigenvalue weighted by Crippen LogP contribution is -2.54. The molecule has 1 aromatic heterocycles. The number of rotatable bonds is 10. The Bertz CT molecular complexity index is 2800. The number of carbonyl (C=O) groups excluding carboxylic acids is 2. The number of hydrogen-bond acceptors (Lipinski definition) is 11. The van der Waals surface area contributed by atoms with Crippen molar-refractivity contribution in [3.8, 4) is 17.6 Å². The Hall–Kier alpha value is -6.03. The van der Waals surface area contributed by atoms with Crippen molar-refractivity contribution in [1.82, 2.24) is 0 Å². The maximum Gasteiger partial charge on any atom is 0.339 e. The molecule has 4 aromatic carbocycles. The van der Waals surface area contributed by atoms with Crippen LogP contribution >= 0.6 is 0 Å². The molecule has 11 nitrogen and oxygen atoms in total. The van der Waals surface area contributed by atoms with Crippen molar-refractivity contribution in [3.05, 3.63) is 157 Å². The molecule has 3 N–H and O–H groups in total. The van der Waals surface area contributed by atoms with Gasteiger partial charge < -0.3 is 38.7 Å². The van der Waals surface area contributed by atoms with E-state index in [1.165, 1.54) is 16.7 Å². The number of hydrogen-bond donors (Lipinski definition) is 3. The molecule has 7 unspecified atom stereocenters. The second-order valence-corrected chi connectivity index (χ2v) is 18.9. The van der Waals surface area contributed by atoms with Crippen LogP contribution in [0, 0.1) is 17.8 Å². The van der Waals surface area contributed by atoms with Crippen LogP contribution < -0.4 is 10.4 Å². The first-order valence-corrected chi connectivity index (χ1v) is 23.5. The van der Waals surface area contributed by atoms with Crippen LogP contribution in [0.5, 0.6) is 5.75 Å². The number of fused-ring (bicyclic) bond motifs is 9. The zero-order chi connectivity index (χ0) is 46.7. The zero-order valence-electron chi connectivity index (χ0n) is 38.1. The molecule has 5 bridgehead atoms. The van der Waals surface area contributed by atoms with Gasteiger partial charge in [-0.3, -0.25) is 4.79 Å². The number of aliphatic hydroxyl groups excluding tert-OH is 3. The first-order chi connectivity index (χ1) is 32.5. The summed E-state index contributed by atoms with van der Waals surface area (Å²) in [6, 6.07) is 30.9. The van der Waals surface area contributed by atoms with E-state index in [1.54, 1.807) is 32.0 Å². The number of benzene rings is 4. The maximum atomic E-state index is 15.0. The van der Waals surface area contributed by atoms with Gasteiger partial charge in [-0.25, -0.2) is 9.59 Å². The molecule has 4 heterocycles. The smallest absolute Gasteiger partial charge is 0.339 e. The highest BCUT2D eigenvalue weighted by molar-refractivity contribution is 5.90. The normalized spacial score (nSPS) is 24.9. The highest BCUT2D eigenvalue weighted by Crippen LogP contribution is 2.51. The SMILES string of the molecule is CC(CO)=C1CCc2ccc3c(c2)CC#CCC2(C)Oc4ccc5cc(C(CCO)COCO)c(=O)oc5c4C(OC(=O)CC4CC(c5cccc(Cc6ccccc6)c5)CCC34)C2OC1=O. The summed E-state index contributed by atoms with van der Waals surface area (Å²) in [5.74, 6) is 5.43. The lowest BCUT2D eigenvalue weighted by molar-refractivity contribution is -0.190. The van der Waals surface area contributed by atoms with E-state index >= 15 is 4.79 Å². The van der Waals surface area contributed by atoms with Gasteiger partial charge in [0.05, 0.1) is 25.2 Å². The van der Waals surface area contributed by atoms with Crippen molar-refractivity contribution in [2.45, 2.75) is 114 Å². The highest BCUT2D eigenvalue weighted by atomic mass is 16.6. The molecule has 0 radical (unpaired) electrons. The topological polar surface area (TPSA) is 162 Å². The summed E-state index contributed by atoms with van der Waals surface area (Å²) in [6.07, 6.45) is 2.39. The van der Waals surface area contributed by atoms with Crippen LogP contribution in [0.15, 0.2) is 111 Å². The molecule has 4 aliphatic rings. The maximum absolute atomic E-state index is 15.0. The predicted octanol–water partition coefficient (Wildman–Crippen LogP) is 8.43. The van der Waals surface area contributed by atoms with Crippen LogP contribution in [0.2, 0.25) is 0 Å². The molecule has 11 heteroatoms. The van der Waals surface area contributed by atoms with Crippen LogP contribution in [-0.2, 0) is 43.1 Å². The summed E-state index contributed by atoms with van der Waals surface area (Å²) >= 11 is 0. The fraction of sp³-hybridized carbons (Fsp3) is 0.411. The molecular weight excluding hydrogens is 849 g/mol. The Morgan fingerprint density at radius 1 is 0.896 bits per heavy atom. The predicted molar refractivity (Wildman–Crippen MR) is 251 cm³/mol. The lowest BCUT2D eigenvalue weighted by atomic mass is 9.67. The molecule has 9 rings (SSSR count). The van der Waals surface area contributed by atoms with Gasteiger partial charge in [-0.1, -0.05) is 84.6 Å². The number of aryl methyl sites for hydroxylation is 1. The van der Waals surface area contributed by atoms with E-state index in [9.17, 15) is 24.9 Å². The van der Waals surface area contributed by atoms with Gasteiger partial charge in [0.1, 0.15) is 18.1 Å². The molecule has 1 aliphatic carbocycles. The van der Waals surface area contributed by atoms with Gasteiger partial charge in [0.25, 0.3) is 0 Å². The standard InChI is InChI=1S/C56H58O11/c1-34(31-58)44-18-14-36-15-19-45-40(26-36)12-6-7-23-56(2)53(66-54(44)61)52(50-48(67-56)21-17-41-29-47(55(62)65-51(41)50)42(22-24-57)32-63-33-59)64-49(60)30-43-28-39(16-20-46(43)45)38-13-8-11-37(27-38)25-35-9-4-3-5-10-35/h3-5,8-11,13,15,17,19,21,26-27,29,39,42-43,46,52-53,57-59H,12,14,16,18,20,22-25,28,30-33H2,1-2H3. The van der Waals surface area contributed by atoms with Crippen LogP contribution in [-0.4, -0.2) is 65.6 Å². The molecular formula is C56H58O11. The van der Waals surface area contributed by atoms with Gasteiger partial charge in [0, 0.05) is 41.9 Å². The van der Waals surface area contributed by atoms with Crippen molar-refractivity contribution in [2.24, 2.45) is 5.92 Å². The fourth-order valence-electron chi connectivity index (χ4n) is 10.9. The quantitative estimate of drug-likeness (QED) is 0.0406. The second-order valence-electron chi connectivity index (χ2n) is 18.9. The molecule has 67 heavy (non-hydrogen) atoms. The number of esters is 2. The Kier molecular flexibility index (Phi) is 13.8.